The molecule has 0 N–H and O–H groups in total. The number of allylic oxidation sites excluding steroid dienone is 1. The van der Waals surface area contributed by atoms with Crippen LogP contribution in [-0.2, 0) is 28.6 Å². The molecule has 18 heavy (non-hydrogen) atoms. The molecular weight excluding hydrogens is 240 g/mol. The van der Waals surface area contributed by atoms with Crippen LogP contribution in [0.1, 0.15) is 13.8 Å². The summed E-state index contributed by atoms with van der Waals surface area (Å²) in [6.45, 7) is 4.00. The summed E-state index contributed by atoms with van der Waals surface area (Å²) in [5, 5.41) is 0. The van der Waals surface area contributed by atoms with Crippen LogP contribution in [0, 0.1) is 0 Å². The fourth-order valence-corrected chi connectivity index (χ4v) is 0.599. The van der Waals surface area contributed by atoms with E-state index in [1.165, 1.54) is 20.3 Å². The lowest BCUT2D eigenvalue weighted by molar-refractivity contribution is -0.137. The molecule has 0 spiro atoms. The first-order chi connectivity index (χ1) is 8.51. The number of esters is 3. The van der Waals surface area contributed by atoms with E-state index in [0.29, 0.717) is 6.61 Å². The first-order valence-electron chi connectivity index (χ1n) is 5.15. The zero-order valence-electron chi connectivity index (χ0n) is 11.0. The van der Waals surface area contributed by atoms with Crippen molar-refractivity contribution in [3.8, 4) is 0 Å². The number of rotatable bonds is 4. The molecule has 0 amide bonds. The van der Waals surface area contributed by atoms with Gasteiger partial charge in [-0.15, -0.1) is 0 Å². The quantitative estimate of drug-likeness (QED) is 0.425. The van der Waals surface area contributed by atoms with Crippen molar-refractivity contribution < 1.29 is 28.6 Å². The van der Waals surface area contributed by atoms with Gasteiger partial charge in [0.1, 0.15) is 0 Å². The van der Waals surface area contributed by atoms with Crippen LogP contribution in [0.25, 0.3) is 0 Å². The minimum atomic E-state index is -0.578. The predicted molar refractivity (Wildman–Crippen MR) is 64.6 cm³/mol. The summed E-state index contributed by atoms with van der Waals surface area (Å²) in [5.41, 5.74) is 0. The van der Waals surface area contributed by atoms with Crippen LogP contribution < -0.4 is 0 Å². The van der Waals surface area contributed by atoms with Crippen molar-refractivity contribution >= 4 is 17.9 Å². The van der Waals surface area contributed by atoms with Gasteiger partial charge in [-0.05, 0) is 13.8 Å². The van der Waals surface area contributed by atoms with Gasteiger partial charge in [-0.1, -0.05) is 6.08 Å². The second-order valence-electron chi connectivity index (χ2n) is 2.63. The Balaban J connectivity index is 0. The summed E-state index contributed by atoms with van der Waals surface area (Å²) in [6.07, 6.45) is 5.03. The van der Waals surface area contributed by atoms with Crippen molar-refractivity contribution in [2.45, 2.75) is 13.8 Å². The van der Waals surface area contributed by atoms with Gasteiger partial charge in [0.15, 0.2) is 0 Å². The average Bonchev–Trinajstić information content (AvgIpc) is 2.36. The van der Waals surface area contributed by atoms with E-state index >= 15 is 0 Å². The normalized spacial score (nSPS) is 9.56. The van der Waals surface area contributed by atoms with Gasteiger partial charge in [-0.3, -0.25) is 0 Å². The highest BCUT2D eigenvalue weighted by Crippen LogP contribution is 1.80. The Bertz CT molecular complexity index is 299. The number of carbonyl (C=O) groups is 3. The smallest absolute Gasteiger partial charge is 0.330 e. The van der Waals surface area contributed by atoms with E-state index in [0.717, 1.165) is 12.2 Å². The van der Waals surface area contributed by atoms with E-state index in [1.807, 2.05) is 0 Å². The molecule has 0 bridgehead atoms. The molecule has 0 aromatic rings. The second-order valence-corrected chi connectivity index (χ2v) is 2.63. The highest BCUT2D eigenvalue weighted by atomic mass is 16.5. The average molecular weight is 258 g/mol. The summed E-state index contributed by atoms with van der Waals surface area (Å²) in [5.74, 6) is -1.43. The molecule has 6 nitrogen and oxygen atoms in total. The number of carbonyl (C=O) groups excluding carboxylic acids is 3. The van der Waals surface area contributed by atoms with Crippen LogP contribution >= 0.6 is 0 Å². The zero-order valence-corrected chi connectivity index (χ0v) is 11.0. The van der Waals surface area contributed by atoms with Gasteiger partial charge in [-0.25, -0.2) is 14.4 Å². The third kappa shape index (κ3) is 13.9. The van der Waals surface area contributed by atoms with E-state index in [-0.39, 0.29) is 5.97 Å². The highest BCUT2D eigenvalue weighted by Gasteiger charge is 1.94. The van der Waals surface area contributed by atoms with Crippen LogP contribution in [0.4, 0.5) is 0 Å². The fourth-order valence-electron chi connectivity index (χ4n) is 0.599. The number of hydrogen-bond donors (Lipinski definition) is 0. The van der Waals surface area contributed by atoms with E-state index < -0.39 is 11.9 Å². The third-order valence-corrected chi connectivity index (χ3v) is 1.35. The Labute approximate surface area is 106 Å². The molecule has 0 aromatic carbocycles. The van der Waals surface area contributed by atoms with Gasteiger partial charge >= 0.3 is 17.9 Å². The summed E-state index contributed by atoms with van der Waals surface area (Å²) >= 11 is 0. The Morgan fingerprint density at radius 3 is 1.61 bits per heavy atom. The number of methoxy groups -OCH3 is 2. The maximum absolute atomic E-state index is 10.3. The SMILES string of the molecule is C/C=C/C(=O)OCC.COC(=O)/C=C\C(=O)OC. The minimum Gasteiger partial charge on any atom is -0.466 e. The Kier molecular flexibility index (Phi) is 13.1. The van der Waals surface area contributed by atoms with Crippen molar-refractivity contribution in [1.29, 1.82) is 0 Å². The van der Waals surface area contributed by atoms with Gasteiger partial charge in [0.25, 0.3) is 0 Å². The Morgan fingerprint density at radius 2 is 1.33 bits per heavy atom. The molecule has 0 fully saturated rings. The van der Waals surface area contributed by atoms with E-state index in [9.17, 15) is 14.4 Å². The largest absolute Gasteiger partial charge is 0.466 e. The van der Waals surface area contributed by atoms with Crippen LogP contribution in [0.5, 0.6) is 0 Å². The molecule has 102 valence electrons. The van der Waals surface area contributed by atoms with E-state index in [2.05, 4.69) is 14.2 Å². The summed E-state index contributed by atoms with van der Waals surface area (Å²) in [7, 11) is 2.45. The van der Waals surface area contributed by atoms with Crippen LogP contribution in [0.2, 0.25) is 0 Å². The molecular formula is C12H18O6. The molecule has 0 atom stereocenters. The van der Waals surface area contributed by atoms with Crippen molar-refractivity contribution in [1.82, 2.24) is 0 Å². The zero-order chi connectivity index (χ0) is 14.4. The highest BCUT2D eigenvalue weighted by molar-refractivity contribution is 5.91. The first kappa shape index (κ1) is 18.3. The molecule has 0 radical (unpaired) electrons. The molecule has 0 aliphatic carbocycles. The van der Waals surface area contributed by atoms with E-state index in [1.54, 1.807) is 19.9 Å². The summed E-state index contributed by atoms with van der Waals surface area (Å²) in [6, 6.07) is 0. The third-order valence-electron chi connectivity index (χ3n) is 1.35. The molecule has 0 saturated carbocycles. The van der Waals surface area contributed by atoms with Crippen LogP contribution in [0.15, 0.2) is 24.3 Å². The predicted octanol–water partition coefficient (Wildman–Crippen LogP) is 1.01. The summed E-state index contributed by atoms with van der Waals surface area (Å²) < 4.78 is 13.0. The molecule has 0 rings (SSSR count). The van der Waals surface area contributed by atoms with Gasteiger partial charge in [0, 0.05) is 18.2 Å². The van der Waals surface area contributed by atoms with Crippen LogP contribution in [0.3, 0.4) is 0 Å². The van der Waals surface area contributed by atoms with E-state index in [4.69, 9.17) is 0 Å². The summed E-state index contributed by atoms with van der Waals surface area (Å²) in [4.78, 5) is 31.0. The Morgan fingerprint density at radius 1 is 0.889 bits per heavy atom. The molecule has 0 unspecified atom stereocenters. The maximum Gasteiger partial charge on any atom is 0.330 e. The van der Waals surface area contributed by atoms with Gasteiger partial charge in [0.2, 0.25) is 0 Å². The van der Waals surface area contributed by atoms with Gasteiger partial charge < -0.3 is 14.2 Å². The number of ether oxygens (including phenoxy) is 3. The minimum absolute atomic E-state index is 0.269. The van der Waals surface area contributed by atoms with Crippen molar-refractivity contribution in [2.24, 2.45) is 0 Å². The van der Waals surface area contributed by atoms with Gasteiger partial charge in [0.05, 0.1) is 20.8 Å². The molecule has 0 aromatic heterocycles. The molecule has 0 aliphatic rings. The lowest BCUT2D eigenvalue weighted by Crippen LogP contribution is -1.98. The van der Waals surface area contributed by atoms with Crippen LogP contribution in [-0.4, -0.2) is 38.7 Å². The van der Waals surface area contributed by atoms with Crippen molar-refractivity contribution in [3.05, 3.63) is 24.3 Å². The molecule has 6 heteroatoms. The monoisotopic (exact) mass is 258 g/mol. The maximum atomic E-state index is 10.3. The molecule has 0 saturated heterocycles. The second kappa shape index (κ2) is 13.0. The Hall–Kier alpha value is -2.11. The van der Waals surface area contributed by atoms with Gasteiger partial charge in [-0.2, -0.15) is 0 Å². The lowest BCUT2D eigenvalue weighted by Gasteiger charge is -1.91. The first-order valence-corrected chi connectivity index (χ1v) is 5.15. The van der Waals surface area contributed by atoms with Crippen molar-refractivity contribution in [3.63, 3.8) is 0 Å². The lowest BCUT2D eigenvalue weighted by atomic mass is 10.5. The molecule has 0 heterocycles. The molecule has 0 aliphatic heterocycles. The number of hydrogen-bond acceptors (Lipinski definition) is 6. The standard InChI is InChI=1S/C6H8O4.C6H10O2/c1-9-5(7)3-4-6(8)10-2;1-3-5-6(7)8-4-2/h3-4H,1-2H3;3,5H,4H2,1-2H3/b4-3-;5-3+. The topological polar surface area (TPSA) is 78.9 Å². The van der Waals surface area contributed by atoms with Crippen molar-refractivity contribution in [2.75, 3.05) is 20.8 Å². The fraction of sp³-hybridized carbons (Fsp3) is 0.417.